The van der Waals surface area contributed by atoms with E-state index in [0.29, 0.717) is 11.8 Å². The van der Waals surface area contributed by atoms with Gasteiger partial charge in [0.1, 0.15) is 5.75 Å². The predicted octanol–water partition coefficient (Wildman–Crippen LogP) is 2.75. The maximum Gasteiger partial charge on any atom is 0.490 e. The summed E-state index contributed by atoms with van der Waals surface area (Å²) < 4.78 is 37.3. The fourth-order valence-corrected chi connectivity index (χ4v) is 4.05. The van der Waals surface area contributed by atoms with Crippen molar-refractivity contribution in [3.8, 4) is 5.75 Å². The molecule has 0 radical (unpaired) electrons. The van der Waals surface area contributed by atoms with Crippen LogP contribution in [0.25, 0.3) is 0 Å². The number of hydrogen-bond donors (Lipinski definition) is 2. The van der Waals surface area contributed by atoms with Crippen molar-refractivity contribution in [3.05, 3.63) is 29.3 Å². The molecule has 2 saturated heterocycles. The summed E-state index contributed by atoms with van der Waals surface area (Å²) in [5.41, 5.74) is 3.13. The molecular formula is C20H25F3N2O4. The molecule has 4 rings (SSSR count). The standard InChI is InChI=1S/C18H24N2O2.C2HF3O2/c21-17-3-5-18(13-19-17)6-8-20(9-7-18)12-14-1-2-16-15(11-14)4-10-22-16;3-2(4,5)1(6)7/h1-2,11H,3-10,12-13H2,(H,19,21);(H,6,7). The molecule has 0 bridgehead atoms. The van der Waals surface area contributed by atoms with Crippen LogP contribution in [0.3, 0.4) is 0 Å². The number of ether oxygens (including phenoxy) is 1. The first-order valence-corrected chi connectivity index (χ1v) is 9.71. The van der Waals surface area contributed by atoms with Crippen molar-refractivity contribution in [3.63, 3.8) is 0 Å². The fourth-order valence-electron chi connectivity index (χ4n) is 4.05. The molecule has 0 unspecified atom stereocenters. The molecule has 3 aliphatic heterocycles. The van der Waals surface area contributed by atoms with E-state index < -0.39 is 12.1 Å². The van der Waals surface area contributed by atoms with Gasteiger partial charge in [0.25, 0.3) is 0 Å². The number of carbonyl (C=O) groups excluding carboxylic acids is 1. The molecule has 160 valence electrons. The van der Waals surface area contributed by atoms with E-state index in [1.54, 1.807) is 0 Å². The second kappa shape index (κ2) is 8.61. The highest BCUT2D eigenvalue weighted by atomic mass is 19.4. The minimum Gasteiger partial charge on any atom is -0.493 e. The number of halogens is 3. The van der Waals surface area contributed by atoms with Crippen molar-refractivity contribution in [1.29, 1.82) is 0 Å². The number of carbonyl (C=O) groups is 2. The van der Waals surface area contributed by atoms with Gasteiger partial charge in [-0.25, -0.2) is 4.79 Å². The Hall–Kier alpha value is -2.29. The number of amides is 1. The second-order valence-corrected chi connectivity index (χ2v) is 7.90. The van der Waals surface area contributed by atoms with E-state index >= 15 is 0 Å². The van der Waals surface area contributed by atoms with Crippen LogP contribution >= 0.6 is 0 Å². The van der Waals surface area contributed by atoms with Gasteiger partial charge < -0.3 is 15.2 Å². The molecule has 1 aromatic rings. The summed E-state index contributed by atoms with van der Waals surface area (Å²) in [5, 5.41) is 10.2. The first-order chi connectivity index (χ1) is 13.7. The summed E-state index contributed by atoms with van der Waals surface area (Å²) in [6.07, 6.45) is 0.169. The molecule has 0 aliphatic carbocycles. The molecule has 9 heteroatoms. The number of piperidine rings is 2. The van der Waals surface area contributed by atoms with Crippen LogP contribution in [-0.2, 0) is 22.6 Å². The van der Waals surface area contributed by atoms with E-state index in [4.69, 9.17) is 14.6 Å². The van der Waals surface area contributed by atoms with E-state index in [0.717, 1.165) is 51.4 Å². The lowest BCUT2D eigenvalue weighted by Gasteiger charge is -2.44. The Morgan fingerprint density at radius 1 is 1.21 bits per heavy atom. The molecule has 0 saturated carbocycles. The number of benzene rings is 1. The minimum atomic E-state index is -5.08. The largest absolute Gasteiger partial charge is 0.493 e. The Morgan fingerprint density at radius 3 is 2.48 bits per heavy atom. The molecular weight excluding hydrogens is 389 g/mol. The van der Waals surface area contributed by atoms with E-state index in [1.165, 1.54) is 24.0 Å². The van der Waals surface area contributed by atoms with Gasteiger partial charge in [0.15, 0.2) is 0 Å². The molecule has 1 spiro atoms. The zero-order valence-corrected chi connectivity index (χ0v) is 16.1. The zero-order chi connectivity index (χ0) is 21.1. The molecule has 2 N–H and O–H groups in total. The highest BCUT2D eigenvalue weighted by Crippen LogP contribution is 2.38. The molecule has 3 heterocycles. The Balaban J connectivity index is 0.000000298. The van der Waals surface area contributed by atoms with Gasteiger partial charge in [-0.1, -0.05) is 12.1 Å². The van der Waals surface area contributed by atoms with E-state index in [1.807, 2.05) is 0 Å². The van der Waals surface area contributed by atoms with Gasteiger partial charge in [-0.05, 0) is 55.0 Å². The number of carboxylic acids is 1. The number of rotatable bonds is 2. The van der Waals surface area contributed by atoms with Crippen LogP contribution in [0.1, 0.15) is 36.8 Å². The number of hydrogen-bond acceptors (Lipinski definition) is 4. The monoisotopic (exact) mass is 414 g/mol. The summed E-state index contributed by atoms with van der Waals surface area (Å²) in [4.78, 5) is 22.8. The maximum atomic E-state index is 11.4. The van der Waals surface area contributed by atoms with E-state index in [2.05, 4.69) is 28.4 Å². The van der Waals surface area contributed by atoms with Crippen LogP contribution in [0.2, 0.25) is 0 Å². The van der Waals surface area contributed by atoms with E-state index in [9.17, 15) is 18.0 Å². The molecule has 3 aliphatic rings. The number of alkyl halides is 3. The average molecular weight is 414 g/mol. The Bertz CT molecular complexity index is 747. The quantitative estimate of drug-likeness (QED) is 0.778. The minimum absolute atomic E-state index is 0.230. The third-order valence-electron chi connectivity index (χ3n) is 5.86. The van der Waals surface area contributed by atoms with Gasteiger partial charge in [0.2, 0.25) is 5.91 Å². The third-order valence-corrected chi connectivity index (χ3v) is 5.86. The average Bonchev–Trinajstić information content (AvgIpc) is 3.14. The van der Waals surface area contributed by atoms with Crippen LogP contribution in [0, 0.1) is 5.41 Å². The van der Waals surface area contributed by atoms with Crippen molar-refractivity contribution in [2.75, 3.05) is 26.2 Å². The Morgan fingerprint density at radius 2 is 1.90 bits per heavy atom. The van der Waals surface area contributed by atoms with Gasteiger partial charge >= 0.3 is 12.1 Å². The highest BCUT2D eigenvalue weighted by Gasteiger charge is 2.38. The topological polar surface area (TPSA) is 78.9 Å². The highest BCUT2D eigenvalue weighted by molar-refractivity contribution is 5.76. The van der Waals surface area contributed by atoms with E-state index in [-0.39, 0.29) is 5.91 Å². The van der Waals surface area contributed by atoms with Crippen molar-refractivity contribution in [1.82, 2.24) is 10.2 Å². The molecule has 1 aromatic carbocycles. The lowest BCUT2D eigenvalue weighted by molar-refractivity contribution is -0.192. The number of fused-ring (bicyclic) bond motifs is 1. The number of nitrogens with zero attached hydrogens (tertiary/aromatic N) is 1. The molecule has 0 atom stereocenters. The van der Waals surface area contributed by atoms with Crippen LogP contribution < -0.4 is 10.1 Å². The van der Waals surface area contributed by atoms with Crippen molar-refractivity contribution < 1.29 is 32.6 Å². The lowest BCUT2D eigenvalue weighted by Crippen LogP contribution is -2.49. The summed E-state index contributed by atoms with van der Waals surface area (Å²) in [5.74, 6) is -1.46. The molecule has 6 nitrogen and oxygen atoms in total. The maximum absolute atomic E-state index is 11.4. The van der Waals surface area contributed by atoms with Gasteiger partial charge in [-0.3, -0.25) is 9.69 Å². The van der Waals surface area contributed by atoms with Crippen LogP contribution in [0.4, 0.5) is 13.2 Å². The fraction of sp³-hybridized carbons (Fsp3) is 0.600. The summed E-state index contributed by atoms with van der Waals surface area (Å²) in [6, 6.07) is 6.64. The van der Waals surface area contributed by atoms with Crippen LogP contribution in [-0.4, -0.2) is 54.3 Å². The SMILES string of the molecule is O=C(O)C(F)(F)F.O=C1CCC2(CCN(Cc3ccc4c(c3)CCO4)CC2)CN1. The van der Waals surface area contributed by atoms with Gasteiger partial charge in [0.05, 0.1) is 6.61 Å². The second-order valence-electron chi connectivity index (χ2n) is 7.90. The first kappa shape index (κ1) is 21.4. The number of aliphatic carboxylic acids is 1. The van der Waals surface area contributed by atoms with Crippen molar-refractivity contribution in [2.24, 2.45) is 5.41 Å². The van der Waals surface area contributed by atoms with Crippen LogP contribution in [0.15, 0.2) is 18.2 Å². The molecule has 29 heavy (non-hydrogen) atoms. The van der Waals surface area contributed by atoms with Gasteiger partial charge in [-0.15, -0.1) is 0 Å². The molecule has 0 aromatic heterocycles. The summed E-state index contributed by atoms with van der Waals surface area (Å²) in [6.45, 7) is 5.04. The normalized spacial score (nSPS) is 20.9. The zero-order valence-electron chi connectivity index (χ0n) is 16.1. The molecule has 1 amide bonds. The number of carboxylic acid groups (broad SMARTS) is 1. The van der Waals surface area contributed by atoms with Gasteiger partial charge in [0, 0.05) is 25.9 Å². The molecule has 2 fully saturated rings. The smallest absolute Gasteiger partial charge is 0.490 e. The lowest BCUT2D eigenvalue weighted by atomic mass is 9.73. The predicted molar refractivity (Wildman–Crippen MR) is 98.5 cm³/mol. The number of likely N-dealkylation sites (tertiary alicyclic amines) is 1. The van der Waals surface area contributed by atoms with Crippen molar-refractivity contribution in [2.45, 2.75) is 44.8 Å². The van der Waals surface area contributed by atoms with Crippen LogP contribution in [0.5, 0.6) is 5.75 Å². The summed E-state index contributed by atoms with van der Waals surface area (Å²) in [7, 11) is 0. The number of nitrogens with one attached hydrogen (secondary N) is 1. The van der Waals surface area contributed by atoms with Gasteiger partial charge in [-0.2, -0.15) is 13.2 Å². The summed E-state index contributed by atoms with van der Waals surface area (Å²) >= 11 is 0. The Labute approximate surface area is 167 Å². The Kier molecular flexibility index (Phi) is 6.36. The van der Waals surface area contributed by atoms with Crippen molar-refractivity contribution >= 4 is 11.9 Å². The third kappa shape index (κ3) is 5.62. The first-order valence-electron chi connectivity index (χ1n) is 9.71.